The van der Waals surface area contributed by atoms with Crippen molar-refractivity contribution in [2.75, 3.05) is 12.4 Å². The summed E-state index contributed by atoms with van der Waals surface area (Å²) in [5.41, 5.74) is -0.0968. The summed E-state index contributed by atoms with van der Waals surface area (Å²) in [6.45, 7) is 4.56. The van der Waals surface area contributed by atoms with Crippen LogP contribution >= 0.6 is 0 Å². The van der Waals surface area contributed by atoms with E-state index >= 15 is 0 Å². The molecule has 3 saturated carbocycles. The van der Waals surface area contributed by atoms with Crippen molar-refractivity contribution in [2.45, 2.75) is 58.4 Å². The van der Waals surface area contributed by atoms with Gasteiger partial charge in [-0.05, 0) is 79.9 Å². The number of rotatable bonds is 2. The molecule has 1 N–H and O–H groups in total. The van der Waals surface area contributed by atoms with E-state index in [1.807, 2.05) is 11.9 Å². The van der Waals surface area contributed by atoms with Gasteiger partial charge in [0.2, 0.25) is 11.8 Å². The minimum absolute atomic E-state index is 0.0233. The predicted octanol–water partition coefficient (Wildman–Crippen LogP) is 5.16. The molecule has 4 nitrogen and oxygen atoms in total. The standard InChI is InChI=1S/C26H32F2N2O2/c1-25-12-10-18-16(5-9-22-26(18,2)13-11-23(31)30(22)3)17(25)6-7-19(25)24(32)29-21-8-4-15(27)14-20(21)28/h4,8,11,13-14,16-19,22H,5-7,9-10,12H2,1-3H3,(H,29,32)/t16-,17-,18-,19+,22+,25-,26+/m0/s1. The van der Waals surface area contributed by atoms with E-state index in [1.165, 1.54) is 12.1 Å². The number of hydrogen-bond acceptors (Lipinski definition) is 2. The molecule has 0 bridgehead atoms. The molecule has 3 aliphatic carbocycles. The van der Waals surface area contributed by atoms with E-state index in [1.54, 1.807) is 6.08 Å². The highest BCUT2D eigenvalue weighted by atomic mass is 19.1. The van der Waals surface area contributed by atoms with Crippen LogP contribution in [0.1, 0.15) is 52.4 Å². The number of halogens is 2. The van der Waals surface area contributed by atoms with Crippen molar-refractivity contribution in [1.82, 2.24) is 4.90 Å². The van der Waals surface area contributed by atoms with Gasteiger partial charge in [-0.25, -0.2) is 8.78 Å². The first-order valence-corrected chi connectivity index (χ1v) is 11.9. The van der Waals surface area contributed by atoms with Crippen LogP contribution in [0.4, 0.5) is 14.5 Å². The number of benzene rings is 1. The van der Waals surface area contributed by atoms with E-state index in [9.17, 15) is 18.4 Å². The fourth-order valence-electron chi connectivity index (χ4n) is 7.98. The lowest BCUT2D eigenvalue weighted by atomic mass is 9.47. The second-order valence-corrected chi connectivity index (χ2v) is 10.9. The van der Waals surface area contributed by atoms with Crippen molar-refractivity contribution >= 4 is 17.5 Å². The molecule has 6 heteroatoms. The lowest BCUT2D eigenvalue weighted by molar-refractivity contribution is -0.141. The Morgan fingerprint density at radius 1 is 1.09 bits per heavy atom. The fraction of sp³-hybridized carbons (Fsp3) is 0.615. The van der Waals surface area contributed by atoms with Crippen LogP contribution in [0.3, 0.4) is 0 Å². The van der Waals surface area contributed by atoms with Crippen LogP contribution in [0, 0.1) is 46.1 Å². The summed E-state index contributed by atoms with van der Waals surface area (Å²) in [6.07, 6.45) is 9.77. The van der Waals surface area contributed by atoms with E-state index in [0.29, 0.717) is 17.8 Å². The van der Waals surface area contributed by atoms with Gasteiger partial charge in [0.15, 0.2) is 0 Å². The number of amides is 2. The van der Waals surface area contributed by atoms with E-state index in [0.717, 1.165) is 44.6 Å². The number of carbonyl (C=O) groups is 2. The number of nitrogens with zero attached hydrogens (tertiary/aromatic N) is 1. The van der Waals surface area contributed by atoms with Gasteiger partial charge in [-0.2, -0.15) is 0 Å². The van der Waals surface area contributed by atoms with Gasteiger partial charge in [0.1, 0.15) is 11.6 Å². The van der Waals surface area contributed by atoms with Crippen molar-refractivity contribution in [2.24, 2.45) is 34.5 Å². The predicted molar refractivity (Wildman–Crippen MR) is 119 cm³/mol. The average molecular weight is 443 g/mol. The van der Waals surface area contributed by atoms with Crippen molar-refractivity contribution in [3.63, 3.8) is 0 Å². The normalized spacial score (nSPS) is 40.5. The van der Waals surface area contributed by atoms with Crippen LogP contribution in [0.15, 0.2) is 30.4 Å². The monoisotopic (exact) mass is 442 g/mol. The first-order chi connectivity index (χ1) is 15.1. The zero-order chi connectivity index (χ0) is 22.8. The molecule has 1 heterocycles. The molecule has 1 aromatic carbocycles. The number of anilines is 1. The van der Waals surface area contributed by atoms with Gasteiger partial charge in [0.05, 0.1) is 5.69 Å². The van der Waals surface area contributed by atoms with Crippen molar-refractivity contribution < 1.29 is 18.4 Å². The topological polar surface area (TPSA) is 49.4 Å². The number of hydrogen-bond donors (Lipinski definition) is 1. The number of nitrogens with one attached hydrogen (secondary N) is 1. The molecule has 4 aliphatic rings. The van der Waals surface area contributed by atoms with Crippen LogP contribution in [-0.4, -0.2) is 29.8 Å². The van der Waals surface area contributed by atoms with Gasteiger partial charge in [-0.1, -0.05) is 19.9 Å². The van der Waals surface area contributed by atoms with Crippen LogP contribution < -0.4 is 5.32 Å². The third-order valence-corrected chi connectivity index (χ3v) is 9.63. The molecule has 0 aromatic heterocycles. The number of likely N-dealkylation sites (N-methyl/N-ethyl adjacent to an activating group) is 1. The van der Waals surface area contributed by atoms with Crippen molar-refractivity contribution in [3.8, 4) is 0 Å². The maximum absolute atomic E-state index is 14.1. The lowest BCUT2D eigenvalue weighted by Gasteiger charge is -2.60. The highest BCUT2D eigenvalue weighted by Gasteiger charge is 2.61. The second kappa shape index (κ2) is 7.39. The Morgan fingerprint density at radius 3 is 2.62 bits per heavy atom. The molecule has 1 aromatic rings. The van der Waals surface area contributed by atoms with Gasteiger partial charge in [-0.3, -0.25) is 9.59 Å². The number of carbonyl (C=O) groups excluding carboxylic acids is 2. The molecular weight excluding hydrogens is 410 g/mol. The Kier molecular flexibility index (Phi) is 4.99. The SMILES string of the molecule is CN1C(=O)C=C[C@]2(C)[C@H]3CC[C@]4(C)[C@@H](C(=O)Nc5ccc(F)cc5F)CC[C@H]4[C@@H]3CC[C@@H]12. The zero-order valence-corrected chi connectivity index (χ0v) is 19.0. The maximum atomic E-state index is 14.1. The highest BCUT2D eigenvalue weighted by Crippen LogP contribution is 2.65. The smallest absolute Gasteiger partial charge is 0.246 e. The molecule has 172 valence electrons. The summed E-state index contributed by atoms with van der Waals surface area (Å²) in [6, 6.07) is 3.51. The minimum Gasteiger partial charge on any atom is -0.338 e. The molecule has 0 unspecified atom stereocenters. The summed E-state index contributed by atoms with van der Waals surface area (Å²) in [4.78, 5) is 27.4. The summed E-state index contributed by atoms with van der Waals surface area (Å²) in [5.74, 6) is -0.141. The first-order valence-electron chi connectivity index (χ1n) is 11.9. The van der Waals surface area contributed by atoms with Crippen molar-refractivity contribution in [1.29, 1.82) is 0 Å². The molecule has 2 amide bonds. The van der Waals surface area contributed by atoms with Gasteiger partial charge in [0.25, 0.3) is 0 Å². The zero-order valence-electron chi connectivity index (χ0n) is 19.0. The molecular formula is C26H32F2N2O2. The second-order valence-electron chi connectivity index (χ2n) is 10.9. The Hall–Kier alpha value is -2.24. The first kappa shape index (κ1) is 21.6. The Balaban J connectivity index is 1.38. The summed E-state index contributed by atoms with van der Waals surface area (Å²) >= 11 is 0. The molecule has 7 atom stereocenters. The van der Waals surface area contributed by atoms with E-state index < -0.39 is 11.6 Å². The molecule has 5 rings (SSSR count). The quantitative estimate of drug-likeness (QED) is 0.688. The average Bonchev–Trinajstić information content (AvgIpc) is 3.10. The third-order valence-electron chi connectivity index (χ3n) is 9.63. The molecule has 0 saturated heterocycles. The van der Waals surface area contributed by atoms with E-state index in [2.05, 4.69) is 25.2 Å². The van der Waals surface area contributed by atoms with Gasteiger partial charge < -0.3 is 10.2 Å². The Labute approximate surface area is 188 Å². The van der Waals surface area contributed by atoms with Crippen LogP contribution in [0.25, 0.3) is 0 Å². The molecule has 3 fully saturated rings. The molecule has 32 heavy (non-hydrogen) atoms. The molecule has 0 spiro atoms. The Morgan fingerprint density at radius 2 is 1.88 bits per heavy atom. The van der Waals surface area contributed by atoms with Crippen molar-refractivity contribution in [3.05, 3.63) is 42.0 Å². The molecule has 1 aliphatic heterocycles. The van der Waals surface area contributed by atoms with Crippen LogP contribution in [-0.2, 0) is 9.59 Å². The summed E-state index contributed by atoms with van der Waals surface area (Å²) in [7, 11) is 1.92. The van der Waals surface area contributed by atoms with Crippen LogP contribution in [0.2, 0.25) is 0 Å². The highest BCUT2D eigenvalue weighted by molar-refractivity contribution is 5.93. The summed E-state index contributed by atoms with van der Waals surface area (Å²) < 4.78 is 27.4. The minimum atomic E-state index is -0.740. The largest absolute Gasteiger partial charge is 0.338 e. The van der Waals surface area contributed by atoms with E-state index in [4.69, 9.17) is 0 Å². The van der Waals surface area contributed by atoms with Crippen LogP contribution in [0.5, 0.6) is 0 Å². The summed E-state index contributed by atoms with van der Waals surface area (Å²) in [5, 5.41) is 2.74. The van der Waals surface area contributed by atoms with Gasteiger partial charge in [-0.15, -0.1) is 0 Å². The number of fused-ring (bicyclic) bond motifs is 5. The molecule has 0 radical (unpaired) electrons. The van der Waals surface area contributed by atoms with Gasteiger partial charge in [0, 0.05) is 30.5 Å². The van der Waals surface area contributed by atoms with Gasteiger partial charge >= 0.3 is 0 Å². The maximum Gasteiger partial charge on any atom is 0.246 e. The Bertz CT molecular complexity index is 994. The third kappa shape index (κ3) is 3.05. The fourth-order valence-corrected chi connectivity index (χ4v) is 7.98. The lowest BCUT2D eigenvalue weighted by Crippen LogP contribution is -2.59. The van der Waals surface area contributed by atoms with E-state index in [-0.39, 0.29) is 40.3 Å².